The van der Waals surface area contributed by atoms with E-state index < -0.39 is 0 Å². The molecule has 2 atom stereocenters. The Morgan fingerprint density at radius 3 is 2.74 bits per heavy atom. The molecule has 4 heteroatoms. The molecule has 2 fully saturated rings. The maximum atomic E-state index is 12.5. The quantitative estimate of drug-likeness (QED) is 0.837. The van der Waals surface area contributed by atoms with E-state index in [2.05, 4.69) is 29.0 Å². The zero-order valence-electron chi connectivity index (χ0n) is 12.5. The summed E-state index contributed by atoms with van der Waals surface area (Å²) in [5.41, 5.74) is 0. The Balaban J connectivity index is 1.87. The number of likely N-dealkylation sites (tertiary alicyclic amines) is 1. The molecule has 0 radical (unpaired) electrons. The van der Waals surface area contributed by atoms with Crippen molar-refractivity contribution in [2.24, 2.45) is 0 Å². The minimum Gasteiger partial charge on any atom is -0.340 e. The standard InChI is InChI=1S/C15H29N3O/c1-3-17(4-2)13-9-11-18(12-13)15(19)14-8-6-5-7-10-16-14/h13-14,16H,3-12H2,1-2H3. The van der Waals surface area contributed by atoms with Crippen LogP contribution in [0.2, 0.25) is 0 Å². The summed E-state index contributed by atoms with van der Waals surface area (Å²) < 4.78 is 0. The Bertz CT molecular complexity index is 283. The van der Waals surface area contributed by atoms with Gasteiger partial charge in [-0.1, -0.05) is 26.7 Å². The van der Waals surface area contributed by atoms with Gasteiger partial charge in [0.15, 0.2) is 0 Å². The molecule has 0 aromatic carbocycles. The maximum Gasteiger partial charge on any atom is 0.239 e. The molecule has 0 aromatic rings. The van der Waals surface area contributed by atoms with E-state index >= 15 is 0 Å². The molecule has 2 unspecified atom stereocenters. The highest BCUT2D eigenvalue weighted by molar-refractivity contribution is 5.82. The number of hydrogen-bond donors (Lipinski definition) is 1. The van der Waals surface area contributed by atoms with Gasteiger partial charge in [-0.25, -0.2) is 0 Å². The van der Waals surface area contributed by atoms with E-state index in [1.54, 1.807) is 0 Å². The van der Waals surface area contributed by atoms with Crippen molar-refractivity contribution >= 4 is 5.91 Å². The first kappa shape index (κ1) is 14.8. The van der Waals surface area contributed by atoms with Gasteiger partial charge < -0.3 is 10.2 Å². The molecule has 0 spiro atoms. The lowest BCUT2D eigenvalue weighted by molar-refractivity contribution is -0.132. The topological polar surface area (TPSA) is 35.6 Å². The summed E-state index contributed by atoms with van der Waals surface area (Å²) in [6.07, 6.45) is 5.83. The largest absolute Gasteiger partial charge is 0.340 e. The second-order valence-electron chi connectivity index (χ2n) is 5.80. The zero-order chi connectivity index (χ0) is 13.7. The average Bonchev–Trinajstić information content (AvgIpc) is 2.75. The van der Waals surface area contributed by atoms with Gasteiger partial charge in [-0.15, -0.1) is 0 Å². The lowest BCUT2D eigenvalue weighted by atomic mass is 10.1. The van der Waals surface area contributed by atoms with E-state index in [0.29, 0.717) is 11.9 Å². The van der Waals surface area contributed by atoms with Gasteiger partial charge in [-0.05, 0) is 38.9 Å². The molecule has 1 N–H and O–H groups in total. The van der Waals surface area contributed by atoms with E-state index in [9.17, 15) is 4.79 Å². The monoisotopic (exact) mass is 267 g/mol. The third-order valence-electron chi connectivity index (χ3n) is 4.66. The van der Waals surface area contributed by atoms with Crippen molar-refractivity contribution in [3.05, 3.63) is 0 Å². The highest BCUT2D eigenvalue weighted by Gasteiger charge is 2.32. The number of likely N-dealkylation sites (N-methyl/N-ethyl adjacent to an activating group) is 1. The van der Waals surface area contributed by atoms with Crippen LogP contribution in [-0.2, 0) is 4.79 Å². The number of nitrogens with one attached hydrogen (secondary N) is 1. The summed E-state index contributed by atoms with van der Waals surface area (Å²) in [5.74, 6) is 0.344. The summed E-state index contributed by atoms with van der Waals surface area (Å²) in [5, 5.41) is 3.43. The lowest BCUT2D eigenvalue weighted by Crippen LogP contribution is -2.46. The molecule has 0 saturated carbocycles. The fourth-order valence-corrected chi connectivity index (χ4v) is 3.44. The van der Waals surface area contributed by atoms with Crippen LogP contribution in [0.5, 0.6) is 0 Å². The first-order valence-electron chi connectivity index (χ1n) is 8.02. The second-order valence-corrected chi connectivity index (χ2v) is 5.80. The molecule has 2 aliphatic heterocycles. The maximum absolute atomic E-state index is 12.5. The van der Waals surface area contributed by atoms with Crippen molar-refractivity contribution in [3.8, 4) is 0 Å². The number of hydrogen-bond acceptors (Lipinski definition) is 3. The van der Waals surface area contributed by atoms with Crippen molar-refractivity contribution < 1.29 is 4.79 Å². The van der Waals surface area contributed by atoms with E-state index in [-0.39, 0.29) is 6.04 Å². The number of amides is 1. The second kappa shape index (κ2) is 7.25. The van der Waals surface area contributed by atoms with Crippen molar-refractivity contribution in [1.82, 2.24) is 15.1 Å². The van der Waals surface area contributed by atoms with Gasteiger partial charge in [0.2, 0.25) is 5.91 Å². The van der Waals surface area contributed by atoms with Crippen LogP contribution in [0.4, 0.5) is 0 Å². The van der Waals surface area contributed by atoms with Crippen molar-refractivity contribution in [3.63, 3.8) is 0 Å². The van der Waals surface area contributed by atoms with E-state index in [1.165, 1.54) is 19.3 Å². The first-order valence-corrected chi connectivity index (χ1v) is 8.02. The van der Waals surface area contributed by atoms with Gasteiger partial charge in [0.05, 0.1) is 6.04 Å². The van der Waals surface area contributed by atoms with Crippen molar-refractivity contribution in [2.45, 2.75) is 58.0 Å². The normalized spacial score (nSPS) is 28.7. The Kier molecular flexibility index (Phi) is 5.64. The fraction of sp³-hybridized carbons (Fsp3) is 0.933. The molecule has 2 saturated heterocycles. The van der Waals surface area contributed by atoms with Crippen LogP contribution in [0.1, 0.15) is 46.0 Å². The molecule has 2 aliphatic rings. The number of carbonyl (C=O) groups excluding carboxylic acids is 1. The van der Waals surface area contributed by atoms with Crippen molar-refractivity contribution in [1.29, 1.82) is 0 Å². The molecule has 1 amide bonds. The number of nitrogens with zero attached hydrogens (tertiary/aromatic N) is 2. The van der Waals surface area contributed by atoms with Crippen LogP contribution >= 0.6 is 0 Å². The lowest BCUT2D eigenvalue weighted by Gasteiger charge is -2.27. The Hall–Kier alpha value is -0.610. The number of rotatable bonds is 4. The van der Waals surface area contributed by atoms with Crippen LogP contribution in [0.3, 0.4) is 0 Å². The third kappa shape index (κ3) is 3.69. The van der Waals surface area contributed by atoms with Crippen LogP contribution < -0.4 is 5.32 Å². The Labute approximate surface area is 117 Å². The summed E-state index contributed by atoms with van der Waals surface area (Å²) >= 11 is 0. The molecular formula is C15H29N3O. The van der Waals surface area contributed by atoms with Gasteiger partial charge in [-0.2, -0.15) is 0 Å². The van der Waals surface area contributed by atoms with Gasteiger partial charge in [-0.3, -0.25) is 9.69 Å². The predicted molar refractivity (Wildman–Crippen MR) is 78.2 cm³/mol. The van der Waals surface area contributed by atoms with Gasteiger partial charge in [0.1, 0.15) is 0 Å². The van der Waals surface area contributed by atoms with E-state index in [4.69, 9.17) is 0 Å². The van der Waals surface area contributed by atoms with Crippen LogP contribution in [0.25, 0.3) is 0 Å². The molecule has 4 nitrogen and oxygen atoms in total. The SMILES string of the molecule is CCN(CC)C1CCN(C(=O)C2CCCCCN2)C1. The van der Waals surface area contributed by atoms with Crippen LogP contribution in [0, 0.1) is 0 Å². The summed E-state index contributed by atoms with van der Waals surface area (Å²) in [7, 11) is 0. The smallest absolute Gasteiger partial charge is 0.239 e. The molecule has 0 aliphatic carbocycles. The van der Waals surface area contributed by atoms with Gasteiger partial charge in [0.25, 0.3) is 0 Å². The molecule has 0 aromatic heterocycles. The molecule has 2 heterocycles. The minimum absolute atomic E-state index is 0.0814. The average molecular weight is 267 g/mol. The summed E-state index contributed by atoms with van der Waals surface area (Å²) in [6, 6.07) is 0.655. The molecular weight excluding hydrogens is 238 g/mol. The first-order chi connectivity index (χ1) is 9.26. The van der Waals surface area contributed by atoms with Crippen LogP contribution in [-0.4, -0.2) is 60.5 Å². The van der Waals surface area contributed by atoms with Crippen molar-refractivity contribution in [2.75, 3.05) is 32.7 Å². The highest BCUT2D eigenvalue weighted by atomic mass is 16.2. The number of carbonyl (C=O) groups is 1. The molecule has 0 bridgehead atoms. The Morgan fingerprint density at radius 2 is 2.00 bits per heavy atom. The summed E-state index contributed by atoms with van der Waals surface area (Å²) in [6.45, 7) is 9.47. The predicted octanol–water partition coefficient (Wildman–Crippen LogP) is 1.46. The minimum atomic E-state index is 0.0814. The summed E-state index contributed by atoms with van der Waals surface area (Å²) in [4.78, 5) is 17.1. The van der Waals surface area contributed by atoms with E-state index in [1.807, 2.05) is 0 Å². The zero-order valence-corrected chi connectivity index (χ0v) is 12.5. The molecule has 2 rings (SSSR count). The fourth-order valence-electron chi connectivity index (χ4n) is 3.44. The highest BCUT2D eigenvalue weighted by Crippen LogP contribution is 2.18. The van der Waals surface area contributed by atoms with Gasteiger partial charge >= 0.3 is 0 Å². The van der Waals surface area contributed by atoms with E-state index in [0.717, 1.165) is 45.6 Å². The Morgan fingerprint density at radius 1 is 1.21 bits per heavy atom. The third-order valence-corrected chi connectivity index (χ3v) is 4.66. The van der Waals surface area contributed by atoms with Crippen LogP contribution in [0.15, 0.2) is 0 Å². The molecule has 19 heavy (non-hydrogen) atoms. The molecule has 110 valence electrons. The van der Waals surface area contributed by atoms with Gasteiger partial charge in [0, 0.05) is 19.1 Å².